The van der Waals surface area contributed by atoms with Crippen LogP contribution >= 0.6 is 0 Å². The van der Waals surface area contributed by atoms with Crippen LogP contribution in [0.25, 0.3) is 0 Å². The van der Waals surface area contributed by atoms with Gasteiger partial charge in [-0.3, -0.25) is 0 Å². The number of hydrogen-bond acceptors (Lipinski definition) is 3. The van der Waals surface area contributed by atoms with E-state index in [-0.39, 0.29) is 0 Å². The average molecular weight is 147 g/mol. The second-order valence-corrected chi connectivity index (χ2v) is 2.18. The van der Waals surface area contributed by atoms with Gasteiger partial charge in [-0.2, -0.15) is 0 Å². The molecule has 0 radical (unpaired) electrons. The van der Waals surface area contributed by atoms with Gasteiger partial charge in [0.25, 0.3) is 0 Å². The molecule has 3 heteroatoms. The van der Waals surface area contributed by atoms with Gasteiger partial charge >= 0.3 is 0 Å². The fourth-order valence-corrected chi connectivity index (χ4v) is 0.787. The molecule has 3 nitrogen and oxygen atoms in total. The minimum absolute atomic E-state index is 0.371. The Labute approximate surface area is 62.4 Å². The minimum atomic E-state index is 0.371. The molecule has 0 heterocycles. The zero-order valence-electron chi connectivity index (χ0n) is 6.80. The predicted molar refractivity (Wildman–Crippen MR) is 40.5 cm³/mol. The molecule has 10 heavy (non-hydrogen) atoms. The molecule has 0 saturated carbocycles. The molecule has 0 aromatic carbocycles. The quantitative estimate of drug-likeness (QED) is 0.451. The standard InChI is InChI=1S/C7H17NO2/c1-3-7(4-2)9-5-6-10-8/h7H,3-6,8H2,1-2H3. The van der Waals surface area contributed by atoms with Gasteiger partial charge in [-0.1, -0.05) is 13.8 Å². The van der Waals surface area contributed by atoms with Gasteiger partial charge in [-0.15, -0.1) is 0 Å². The maximum Gasteiger partial charge on any atom is 0.0913 e. The van der Waals surface area contributed by atoms with Crippen molar-refractivity contribution in [2.75, 3.05) is 13.2 Å². The summed E-state index contributed by atoms with van der Waals surface area (Å²) in [7, 11) is 0. The van der Waals surface area contributed by atoms with Crippen molar-refractivity contribution in [3.8, 4) is 0 Å². The third kappa shape index (κ3) is 4.73. The van der Waals surface area contributed by atoms with E-state index in [1.807, 2.05) is 0 Å². The topological polar surface area (TPSA) is 44.5 Å². The van der Waals surface area contributed by atoms with E-state index in [1.54, 1.807) is 0 Å². The van der Waals surface area contributed by atoms with E-state index >= 15 is 0 Å². The molecule has 2 N–H and O–H groups in total. The molecule has 0 aromatic heterocycles. The van der Waals surface area contributed by atoms with Crippen molar-refractivity contribution in [3.05, 3.63) is 0 Å². The Kier molecular flexibility index (Phi) is 6.91. The van der Waals surface area contributed by atoms with E-state index in [0.717, 1.165) is 12.8 Å². The number of nitrogens with two attached hydrogens (primary N) is 1. The van der Waals surface area contributed by atoms with Gasteiger partial charge in [-0.05, 0) is 12.8 Å². The predicted octanol–water partition coefficient (Wildman–Crippen LogP) is 1.08. The third-order valence-electron chi connectivity index (χ3n) is 1.47. The van der Waals surface area contributed by atoms with Crippen molar-refractivity contribution < 1.29 is 9.57 Å². The number of ether oxygens (including phenoxy) is 1. The fraction of sp³-hybridized carbons (Fsp3) is 1.00. The molecule has 0 rings (SSSR count). The zero-order chi connectivity index (χ0) is 7.82. The lowest BCUT2D eigenvalue weighted by Crippen LogP contribution is -2.15. The van der Waals surface area contributed by atoms with E-state index in [4.69, 9.17) is 10.6 Å². The van der Waals surface area contributed by atoms with Crippen LogP contribution in [0.5, 0.6) is 0 Å². The highest BCUT2D eigenvalue weighted by molar-refractivity contribution is 4.49. The lowest BCUT2D eigenvalue weighted by atomic mass is 10.2. The molecular weight excluding hydrogens is 130 g/mol. The lowest BCUT2D eigenvalue weighted by molar-refractivity contribution is 0.00153. The second-order valence-electron chi connectivity index (χ2n) is 2.18. The Balaban J connectivity index is 3.09. The minimum Gasteiger partial charge on any atom is -0.376 e. The van der Waals surface area contributed by atoms with Crippen molar-refractivity contribution in [1.29, 1.82) is 0 Å². The summed E-state index contributed by atoms with van der Waals surface area (Å²) in [5, 5.41) is 0. The molecule has 0 spiro atoms. The SMILES string of the molecule is CCC(CC)OCCON. The van der Waals surface area contributed by atoms with E-state index in [0.29, 0.717) is 19.3 Å². The van der Waals surface area contributed by atoms with Gasteiger partial charge in [-0.25, -0.2) is 5.90 Å². The summed E-state index contributed by atoms with van der Waals surface area (Å²) in [6, 6.07) is 0. The first-order valence-corrected chi connectivity index (χ1v) is 3.78. The maximum absolute atomic E-state index is 5.38. The van der Waals surface area contributed by atoms with Gasteiger partial charge in [0.1, 0.15) is 0 Å². The zero-order valence-corrected chi connectivity index (χ0v) is 6.80. The van der Waals surface area contributed by atoms with Gasteiger partial charge in [0.2, 0.25) is 0 Å². The highest BCUT2D eigenvalue weighted by Crippen LogP contribution is 2.01. The third-order valence-corrected chi connectivity index (χ3v) is 1.47. The molecule has 0 unspecified atom stereocenters. The van der Waals surface area contributed by atoms with Crippen LogP contribution in [0.3, 0.4) is 0 Å². The van der Waals surface area contributed by atoms with Crippen LogP contribution in [-0.4, -0.2) is 19.3 Å². The molecule has 62 valence electrons. The number of rotatable bonds is 6. The van der Waals surface area contributed by atoms with Crippen molar-refractivity contribution in [1.82, 2.24) is 0 Å². The van der Waals surface area contributed by atoms with Gasteiger partial charge < -0.3 is 9.57 Å². The second kappa shape index (κ2) is 6.99. The van der Waals surface area contributed by atoms with Gasteiger partial charge in [0.15, 0.2) is 0 Å². The molecule has 0 aliphatic carbocycles. The summed E-state index contributed by atoms with van der Waals surface area (Å²) in [5.41, 5.74) is 0. The molecule has 0 amide bonds. The summed E-state index contributed by atoms with van der Waals surface area (Å²) in [6.07, 6.45) is 2.48. The fourth-order valence-electron chi connectivity index (χ4n) is 0.787. The summed E-state index contributed by atoms with van der Waals surface area (Å²) in [4.78, 5) is 4.36. The number of hydrogen-bond donors (Lipinski definition) is 1. The Morgan fingerprint density at radius 1 is 1.20 bits per heavy atom. The monoisotopic (exact) mass is 147 g/mol. The summed E-state index contributed by atoms with van der Waals surface area (Å²) >= 11 is 0. The van der Waals surface area contributed by atoms with Crippen LogP contribution < -0.4 is 5.90 Å². The lowest BCUT2D eigenvalue weighted by Gasteiger charge is -2.12. The molecule has 0 bridgehead atoms. The first-order chi connectivity index (χ1) is 4.85. The molecule has 0 aromatic rings. The van der Waals surface area contributed by atoms with Crippen molar-refractivity contribution in [3.63, 3.8) is 0 Å². The van der Waals surface area contributed by atoms with Crippen LogP contribution in [0.2, 0.25) is 0 Å². The Bertz CT molecular complexity index is 64.6. The summed E-state index contributed by atoms with van der Waals surface area (Å²) in [6.45, 7) is 5.30. The molecule has 0 aliphatic rings. The van der Waals surface area contributed by atoms with E-state index < -0.39 is 0 Å². The molecule has 0 atom stereocenters. The Morgan fingerprint density at radius 3 is 2.20 bits per heavy atom. The molecule has 0 fully saturated rings. The largest absolute Gasteiger partial charge is 0.376 e. The molecule has 0 aliphatic heterocycles. The smallest absolute Gasteiger partial charge is 0.0913 e. The van der Waals surface area contributed by atoms with Gasteiger partial charge in [0, 0.05) is 0 Å². The van der Waals surface area contributed by atoms with E-state index in [2.05, 4.69) is 18.7 Å². The van der Waals surface area contributed by atoms with Crippen LogP contribution in [-0.2, 0) is 9.57 Å². The summed E-state index contributed by atoms with van der Waals surface area (Å²) < 4.78 is 5.38. The van der Waals surface area contributed by atoms with E-state index in [9.17, 15) is 0 Å². The molecule has 0 saturated heterocycles. The van der Waals surface area contributed by atoms with Crippen molar-refractivity contribution in [2.24, 2.45) is 5.90 Å². The molecular formula is C7H17NO2. The normalized spacial score (nSPS) is 10.8. The highest BCUT2D eigenvalue weighted by Gasteiger charge is 2.01. The van der Waals surface area contributed by atoms with Crippen LogP contribution in [0.15, 0.2) is 0 Å². The van der Waals surface area contributed by atoms with Crippen LogP contribution in [0, 0.1) is 0 Å². The first kappa shape index (κ1) is 9.88. The Morgan fingerprint density at radius 2 is 1.80 bits per heavy atom. The van der Waals surface area contributed by atoms with Gasteiger partial charge in [0.05, 0.1) is 19.3 Å². The Hall–Kier alpha value is -0.120. The van der Waals surface area contributed by atoms with Crippen LogP contribution in [0.4, 0.5) is 0 Å². The van der Waals surface area contributed by atoms with E-state index in [1.165, 1.54) is 0 Å². The maximum atomic E-state index is 5.38. The summed E-state index contributed by atoms with van der Waals surface area (Å²) in [5.74, 6) is 4.82. The average Bonchev–Trinajstić information content (AvgIpc) is 1.99. The van der Waals surface area contributed by atoms with Crippen molar-refractivity contribution in [2.45, 2.75) is 32.8 Å². The van der Waals surface area contributed by atoms with Crippen molar-refractivity contribution >= 4 is 0 Å². The highest BCUT2D eigenvalue weighted by atomic mass is 16.6. The van der Waals surface area contributed by atoms with Crippen LogP contribution in [0.1, 0.15) is 26.7 Å². The first-order valence-electron chi connectivity index (χ1n) is 3.78.